The molecule has 0 N–H and O–H groups in total. The van der Waals surface area contributed by atoms with Crippen LogP contribution >= 0.6 is 27.3 Å². The Labute approximate surface area is 166 Å². The first kappa shape index (κ1) is 17.7. The van der Waals surface area contributed by atoms with Crippen LogP contribution in [0.1, 0.15) is 5.56 Å². The van der Waals surface area contributed by atoms with Crippen LogP contribution in [-0.4, -0.2) is 28.8 Å². The Kier molecular flexibility index (Phi) is 4.67. The number of hydrogen-bond donors (Lipinski definition) is 0. The fourth-order valence-corrected chi connectivity index (χ4v) is 4.00. The van der Waals surface area contributed by atoms with Gasteiger partial charge in [-0.2, -0.15) is 9.50 Å². The molecule has 0 bridgehead atoms. The van der Waals surface area contributed by atoms with E-state index in [0.717, 1.165) is 15.6 Å². The molecule has 8 heteroatoms. The quantitative estimate of drug-likeness (QED) is 0.484. The van der Waals surface area contributed by atoms with Crippen LogP contribution in [0.3, 0.4) is 0 Å². The maximum Gasteiger partial charge on any atom is 0.291 e. The second-order valence-electron chi connectivity index (χ2n) is 5.67. The van der Waals surface area contributed by atoms with Gasteiger partial charge in [0.15, 0.2) is 17.3 Å². The lowest BCUT2D eigenvalue weighted by Crippen LogP contribution is -2.23. The molecule has 0 aliphatic rings. The van der Waals surface area contributed by atoms with Gasteiger partial charge in [-0.25, -0.2) is 0 Å². The topological polar surface area (TPSA) is 65.7 Å². The fraction of sp³-hybridized carbons (Fsp3) is 0.105. The highest BCUT2D eigenvalue weighted by atomic mass is 79.9. The van der Waals surface area contributed by atoms with Crippen molar-refractivity contribution in [3.8, 4) is 22.9 Å². The van der Waals surface area contributed by atoms with Gasteiger partial charge in [-0.3, -0.25) is 4.79 Å². The molecule has 0 aliphatic heterocycles. The van der Waals surface area contributed by atoms with Gasteiger partial charge in [0.2, 0.25) is 4.96 Å². The Balaban J connectivity index is 1.78. The van der Waals surface area contributed by atoms with Crippen molar-refractivity contribution in [1.29, 1.82) is 0 Å². The van der Waals surface area contributed by atoms with Crippen LogP contribution in [0.25, 0.3) is 22.4 Å². The average molecular weight is 444 g/mol. The van der Waals surface area contributed by atoms with E-state index in [1.165, 1.54) is 15.9 Å². The molecule has 0 atom stereocenters. The van der Waals surface area contributed by atoms with Crippen LogP contribution in [0.15, 0.2) is 51.7 Å². The predicted molar refractivity (Wildman–Crippen MR) is 109 cm³/mol. The summed E-state index contributed by atoms with van der Waals surface area (Å²) in [5, 5.41) is 4.37. The number of hydrogen-bond acceptors (Lipinski definition) is 6. The molecule has 4 rings (SSSR count). The van der Waals surface area contributed by atoms with Crippen LogP contribution in [-0.2, 0) is 0 Å². The number of fused-ring (bicyclic) bond motifs is 1. The molecule has 0 saturated heterocycles. The normalized spacial score (nSPS) is 11.9. The van der Waals surface area contributed by atoms with Gasteiger partial charge in [0, 0.05) is 10.0 Å². The van der Waals surface area contributed by atoms with Gasteiger partial charge in [-0.05, 0) is 42.0 Å². The molecule has 27 heavy (non-hydrogen) atoms. The van der Waals surface area contributed by atoms with E-state index in [4.69, 9.17) is 9.47 Å². The smallest absolute Gasteiger partial charge is 0.291 e. The molecule has 0 amide bonds. The molecule has 2 aromatic heterocycles. The first-order chi connectivity index (χ1) is 13.1. The van der Waals surface area contributed by atoms with E-state index < -0.39 is 0 Å². The van der Waals surface area contributed by atoms with Gasteiger partial charge in [0.25, 0.3) is 5.56 Å². The van der Waals surface area contributed by atoms with Crippen molar-refractivity contribution in [2.45, 2.75) is 0 Å². The van der Waals surface area contributed by atoms with E-state index >= 15 is 0 Å². The summed E-state index contributed by atoms with van der Waals surface area (Å²) >= 11 is 4.74. The number of aromatic nitrogens is 3. The monoisotopic (exact) mass is 443 g/mol. The largest absolute Gasteiger partial charge is 0.493 e. The summed E-state index contributed by atoms with van der Waals surface area (Å²) in [7, 11) is 3.15. The third-order valence-electron chi connectivity index (χ3n) is 3.97. The molecule has 6 nitrogen and oxygen atoms in total. The summed E-state index contributed by atoms with van der Waals surface area (Å²) in [4.78, 5) is 17.7. The molecule has 136 valence electrons. The third kappa shape index (κ3) is 3.33. The number of halogens is 1. The van der Waals surface area contributed by atoms with Gasteiger partial charge in [-0.1, -0.05) is 39.4 Å². The van der Waals surface area contributed by atoms with E-state index in [-0.39, 0.29) is 5.56 Å². The Morgan fingerprint density at radius 1 is 1.11 bits per heavy atom. The maximum absolute atomic E-state index is 12.7. The van der Waals surface area contributed by atoms with Crippen molar-refractivity contribution < 1.29 is 9.47 Å². The summed E-state index contributed by atoms with van der Waals surface area (Å²) in [6, 6.07) is 13.2. The number of methoxy groups -OCH3 is 2. The Bertz CT molecular complexity index is 1250. The van der Waals surface area contributed by atoms with E-state index in [1.54, 1.807) is 26.4 Å². The number of rotatable bonds is 4. The zero-order valence-electron chi connectivity index (χ0n) is 14.5. The van der Waals surface area contributed by atoms with E-state index in [9.17, 15) is 4.79 Å². The highest BCUT2D eigenvalue weighted by Crippen LogP contribution is 2.31. The summed E-state index contributed by atoms with van der Waals surface area (Å²) in [6.45, 7) is 0. The first-order valence-electron chi connectivity index (χ1n) is 7.98. The summed E-state index contributed by atoms with van der Waals surface area (Å²) in [6.07, 6.45) is 1.84. The number of benzene rings is 2. The minimum absolute atomic E-state index is 0.186. The molecular weight excluding hydrogens is 430 g/mol. The minimum Gasteiger partial charge on any atom is -0.493 e. The van der Waals surface area contributed by atoms with Crippen LogP contribution < -0.4 is 19.6 Å². The van der Waals surface area contributed by atoms with E-state index in [0.29, 0.717) is 26.8 Å². The SMILES string of the molecule is COc1ccc(-c2nc3s/c(=C/c4cccc(Br)c4)c(=O)n3n2)cc1OC. The molecule has 2 aromatic carbocycles. The van der Waals surface area contributed by atoms with Gasteiger partial charge in [-0.15, -0.1) is 5.10 Å². The summed E-state index contributed by atoms with van der Waals surface area (Å²) in [5.74, 6) is 1.67. The minimum atomic E-state index is -0.186. The highest BCUT2D eigenvalue weighted by Gasteiger charge is 2.14. The van der Waals surface area contributed by atoms with Gasteiger partial charge in [0.1, 0.15) is 0 Å². The lowest BCUT2D eigenvalue weighted by molar-refractivity contribution is 0.355. The van der Waals surface area contributed by atoms with Crippen molar-refractivity contribution in [2.75, 3.05) is 14.2 Å². The standard InChI is InChI=1S/C19H14BrN3O3S/c1-25-14-7-6-12(10-15(14)26-2)17-21-19-23(22-17)18(24)16(27-19)9-11-4-3-5-13(20)8-11/h3-10H,1-2H3/b16-9+. The maximum atomic E-state index is 12.7. The number of ether oxygens (including phenoxy) is 2. The zero-order chi connectivity index (χ0) is 19.0. The average Bonchev–Trinajstić information content (AvgIpc) is 3.21. The number of thiazole rings is 1. The third-order valence-corrected chi connectivity index (χ3v) is 5.42. The van der Waals surface area contributed by atoms with Crippen molar-refractivity contribution in [3.05, 3.63) is 67.4 Å². The molecular formula is C19H14BrN3O3S. The molecule has 0 radical (unpaired) electrons. The van der Waals surface area contributed by atoms with E-state index in [1.807, 2.05) is 36.4 Å². The first-order valence-corrected chi connectivity index (χ1v) is 9.59. The van der Waals surface area contributed by atoms with Crippen molar-refractivity contribution in [2.24, 2.45) is 0 Å². The van der Waals surface area contributed by atoms with Gasteiger partial charge >= 0.3 is 0 Å². The van der Waals surface area contributed by atoms with Crippen molar-refractivity contribution in [1.82, 2.24) is 14.6 Å². The molecule has 2 heterocycles. The second kappa shape index (κ2) is 7.13. The molecule has 0 unspecified atom stereocenters. The summed E-state index contributed by atoms with van der Waals surface area (Å²) < 4.78 is 13.4. The van der Waals surface area contributed by atoms with Gasteiger partial charge in [0.05, 0.1) is 18.8 Å². The summed E-state index contributed by atoms with van der Waals surface area (Å²) in [5.41, 5.74) is 1.50. The lowest BCUT2D eigenvalue weighted by atomic mass is 10.2. The van der Waals surface area contributed by atoms with Crippen LogP contribution in [0.2, 0.25) is 0 Å². The molecule has 0 fully saturated rings. The molecule has 0 saturated carbocycles. The van der Waals surface area contributed by atoms with Gasteiger partial charge < -0.3 is 9.47 Å². The zero-order valence-corrected chi connectivity index (χ0v) is 16.9. The van der Waals surface area contributed by atoms with Crippen molar-refractivity contribution in [3.63, 3.8) is 0 Å². The Hall–Kier alpha value is -2.71. The molecule has 0 aliphatic carbocycles. The lowest BCUT2D eigenvalue weighted by Gasteiger charge is -2.07. The predicted octanol–water partition coefficient (Wildman–Crippen LogP) is 3.15. The number of nitrogens with zero attached hydrogens (tertiary/aromatic N) is 3. The van der Waals surface area contributed by atoms with Crippen LogP contribution in [0, 0.1) is 0 Å². The molecule has 4 aromatic rings. The fourth-order valence-electron chi connectivity index (χ4n) is 2.68. The molecule has 0 spiro atoms. The Morgan fingerprint density at radius 2 is 1.93 bits per heavy atom. The van der Waals surface area contributed by atoms with Crippen molar-refractivity contribution >= 4 is 38.3 Å². The van der Waals surface area contributed by atoms with Crippen LogP contribution in [0.5, 0.6) is 11.5 Å². The van der Waals surface area contributed by atoms with E-state index in [2.05, 4.69) is 26.0 Å². The van der Waals surface area contributed by atoms with Crippen LogP contribution in [0.4, 0.5) is 0 Å². The highest BCUT2D eigenvalue weighted by molar-refractivity contribution is 9.10. The second-order valence-corrected chi connectivity index (χ2v) is 7.60. The Morgan fingerprint density at radius 3 is 2.63 bits per heavy atom.